The average Bonchev–Trinajstić information content (AvgIpc) is 3.14. The Bertz CT molecular complexity index is 981. The monoisotopic (exact) mass is 382 g/mol. The minimum absolute atomic E-state index is 0.0658. The molecule has 1 aromatic carbocycles. The van der Waals surface area contributed by atoms with E-state index in [1.54, 1.807) is 31.5 Å². The number of fused-ring (bicyclic) bond motifs is 1. The summed E-state index contributed by atoms with van der Waals surface area (Å²) in [5.41, 5.74) is 2.31. The standard InChI is InChI=1S/C21H26N4O3/c1-6-24(13-15-7-8-18(27-4)19(9-15)28-5)21(26)17-10-16-12-23-25(14(2)3)20(16)22-11-17/h7-12,14H,6,13H2,1-5H3. The van der Waals surface area contributed by atoms with Crippen molar-refractivity contribution in [3.8, 4) is 11.5 Å². The van der Waals surface area contributed by atoms with Gasteiger partial charge >= 0.3 is 0 Å². The van der Waals surface area contributed by atoms with Crippen molar-refractivity contribution in [1.82, 2.24) is 19.7 Å². The first-order chi connectivity index (χ1) is 13.5. The van der Waals surface area contributed by atoms with Crippen molar-refractivity contribution < 1.29 is 14.3 Å². The van der Waals surface area contributed by atoms with E-state index in [9.17, 15) is 4.79 Å². The van der Waals surface area contributed by atoms with E-state index in [1.165, 1.54) is 0 Å². The molecule has 0 fully saturated rings. The summed E-state index contributed by atoms with van der Waals surface area (Å²) in [6.45, 7) is 7.11. The highest BCUT2D eigenvalue weighted by Crippen LogP contribution is 2.28. The molecule has 2 aromatic heterocycles. The maximum atomic E-state index is 13.0. The van der Waals surface area contributed by atoms with E-state index in [-0.39, 0.29) is 11.9 Å². The summed E-state index contributed by atoms with van der Waals surface area (Å²) in [6.07, 6.45) is 3.38. The van der Waals surface area contributed by atoms with Crippen molar-refractivity contribution in [3.63, 3.8) is 0 Å². The lowest BCUT2D eigenvalue weighted by Gasteiger charge is -2.21. The molecule has 3 rings (SSSR count). The predicted octanol–water partition coefficient (Wildman–Crippen LogP) is 3.69. The van der Waals surface area contributed by atoms with Crippen molar-refractivity contribution >= 4 is 16.9 Å². The number of aromatic nitrogens is 3. The van der Waals surface area contributed by atoms with Gasteiger partial charge < -0.3 is 14.4 Å². The number of rotatable bonds is 7. The van der Waals surface area contributed by atoms with Crippen LogP contribution in [0.2, 0.25) is 0 Å². The van der Waals surface area contributed by atoms with Crippen LogP contribution in [-0.2, 0) is 6.54 Å². The van der Waals surface area contributed by atoms with Gasteiger partial charge in [0.1, 0.15) is 0 Å². The summed E-state index contributed by atoms with van der Waals surface area (Å²) in [7, 11) is 3.20. The summed E-state index contributed by atoms with van der Waals surface area (Å²) in [5, 5.41) is 5.23. The second kappa shape index (κ2) is 8.29. The second-order valence-corrected chi connectivity index (χ2v) is 6.83. The third-order valence-electron chi connectivity index (χ3n) is 4.66. The molecule has 0 aliphatic carbocycles. The average molecular weight is 382 g/mol. The Balaban J connectivity index is 1.84. The molecule has 7 heteroatoms. The third-order valence-corrected chi connectivity index (χ3v) is 4.66. The number of ether oxygens (including phenoxy) is 2. The number of carbonyl (C=O) groups excluding carboxylic acids is 1. The molecule has 0 radical (unpaired) electrons. The molecule has 0 bridgehead atoms. The van der Waals surface area contributed by atoms with E-state index < -0.39 is 0 Å². The number of benzene rings is 1. The molecule has 28 heavy (non-hydrogen) atoms. The predicted molar refractivity (Wildman–Crippen MR) is 108 cm³/mol. The van der Waals surface area contributed by atoms with Crippen molar-refractivity contribution in [2.24, 2.45) is 0 Å². The van der Waals surface area contributed by atoms with Crippen LogP contribution in [0.5, 0.6) is 11.5 Å². The molecule has 148 valence electrons. The molecular weight excluding hydrogens is 356 g/mol. The Morgan fingerprint density at radius 3 is 2.54 bits per heavy atom. The van der Waals surface area contributed by atoms with Gasteiger partial charge in [0.05, 0.1) is 26.0 Å². The number of amides is 1. The van der Waals surface area contributed by atoms with E-state index in [4.69, 9.17) is 9.47 Å². The largest absolute Gasteiger partial charge is 0.493 e. The molecule has 0 atom stereocenters. The Labute approximate surface area is 164 Å². The lowest BCUT2D eigenvalue weighted by Crippen LogP contribution is -2.30. The summed E-state index contributed by atoms with van der Waals surface area (Å²) < 4.78 is 12.5. The first-order valence-corrected chi connectivity index (χ1v) is 9.31. The fourth-order valence-corrected chi connectivity index (χ4v) is 3.14. The molecule has 7 nitrogen and oxygen atoms in total. The van der Waals surface area contributed by atoms with E-state index in [0.29, 0.717) is 30.2 Å². The minimum Gasteiger partial charge on any atom is -0.493 e. The maximum absolute atomic E-state index is 13.0. The topological polar surface area (TPSA) is 69.5 Å². The van der Waals surface area contributed by atoms with E-state index in [1.807, 2.05) is 35.9 Å². The van der Waals surface area contributed by atoms with Crippen LogP contribution in [0.1, 0.15) is 42.7 Å². The van der Waals surface area contributed by atoms with Crippen LogP contribution in [0.25, 0.3) is 11.0 Å². The zero-order valence-corrected chi connectivity index (χ0v) is 17.0. The van der Waals surface area contributed by atoms with E-state index in [0.717, 1.165) is 16.6 Å². The van der Waals surface area contributed by atoms with Crippen LogP contribution in [0.4, 0.5) is 0 Å². The smallest absolute Gasteiger partial charge is 0.255 e. The summed E-state index contributed by atoms with van der Waals surface area (Å²) in [5.74, 6) is 1.24. The molecule has 0 aliphatic heterocycles. The Kier molecular flexibility index (Phi) is 5.82. The van der Waals surface area contributed by atoms with Crippen LogP contribution < -0.4 is 9.47 Å². The Morgan fingerprint density at radius 1 is 1.14 bits per heavy atom. The zero-order valence-electron chi connectivity index (χ0n) is 17.0. The molecule has 0 aliphatic rings. The number of hydrogen-bond donors (Lipinski definition) is 0. The third kappa shape index (κ3) is 3.78. The molecule has 0 N–H and O–H groups in total. The number of methoxy groups -OCH3 is 2. The molecular formula is C21H26N4O3. The second-order valence-electron chi connectivity index (χ2n) is 6.83. The highest BCUT2D eigenvalue weighted by atomic mass is 16.5. The Morgan fingerprint density at radius 2 is 1.89 bits per heavy atom. The van der Waals surface area contributed by atoms with Crippen LogP contribution in [0.15, 0.2) is 36.7 Å². The van der Waals surface area contributed by atoms with Crippen LogP contribution in [-0.4, -0.2) is 46.3 Å². The van der Waals surface area contributed by atoms with Gasteiger partial charge in [0.2, 0.25) is 0 Å². The Hall–Kier alpha value is -3.09. The van der Waals surface area contributed by atoms with Gasteiger partial charge in [-0.1, -0.05) is 6.07 Å². The van der Waals surface area contributed by atoms with E-state index in [2.05, 4.69) is 23.9 Å². The minimum atomic E-state index is -0.0658. The quantitative estimate of drug-likeness (QED) is 0.623. The highest BCUT2D eigenvalue weighted by Gasteiger charge is 2.18. The van der Waals surface area contributed by atoms with Gasteiger partial charge in [-0.2, -0.15) is 5.10 Å². The number of carbonyl (C=O) groups is 1. The molecule has 0 saturated carbocycles. The van der Waals surface area contributed by atoms with Crippen LogP contribution in [0.3, 0.4) is 0 Å². The molecule has 0 saturated heterocycles. The molecule has 3 aromatic rings. The van der Waals surface area contributed by atoms with Crippen molar-refractivity contribution in [1.29, 1.82) is 0 Å². The fraction of sp³-hybridized carbons (Fsp3) is 0.381. The molecule has 2 heterocycles. The first kappa shape index (κ1) is 19.7. The number of nitrogens with zero attached hydrogens (tertiary/aromatic N) is 4. The van der Waals surface area contributed by atoms with Gasteiger partial charge in [-0.15, -0.1) is 0 Å². The van der Waals surface area contributed by atoms with Gasteiger partial charge in [0.25, 0.3) is 5.91 Å². The molecule has 1 amide bonds. The maximum Gasteiger partial charge on any atom is 0.255 e. The number of hydrogen-bond acceptors (Lipinski definition) is 5. The van der Waals surface area contributed by atoms with Crippen molar-refractivity contribution in [2.75, 3.05) is 20.8 Å². The van der Waals surface area contributed by atoms with Gasteiger partial charge in [0.15, 0.2) is 17.1 Å². The summed E-state index contributed by atoms with van der Waals surface area (Å²) in [6, 6.07) is 7.74. The lowest BCUT2D eigenvalue weighted by atomic mass is 10.1. The van der Waals surface area contributed by atoms with Crippen LogP contribution >= 0.6 is 0 Å². The highest BCUT2D eigenvalue weighted by molar-refractivity contribution is 5.96. The van der Waals surface area contributed by atoms with Gasteiger partial charge in [0, 0.05) is 30.7 Å². The van der Waals surface area contributed by atoms with Gasteiger partial charge in [-0.25, -0.2) is 9.67 Å². The molecule has 0 spiro atoms. The first-order valence-electron chi connectivity index (χ1n) is 9.31. The van der Waals surface area contributed by atoms with Gasteiger partial charge in [-0.3, -0.25) is 4.79 Å². The number of pyridine rings is 1. The fourth-order valence-electron chi connectivity index (χ4n) is 3.14. The summed E-state index contributed by atoms with van der Waals surface area (Å²) >= 11 is 0. The zero-order chi connectivity index (χ0) is 20.3. The lowest BCUT2D eigenvalue weighted by molar-refractivity contribution is 0.0752. The molecule has 0 unspecified atom stereocenters. The van der Waals surface area contributed by atoms with Crippen molar-refractivity contribution in [3.05, 3.63) is 47.8 Å². The van der Waals surface area contributed by atoms with Crippen molar-refractivity contribution in [2.45, 2.75) is 33.4 Å². The van der Waals surface area contributed by atoms with Gasteiger partial charge in [-0.05, 0) is 44.5 Å². The summed E-state index contributed by atoms with van der Waals surface area (Å²) in [4.78, 5) is 19.3. The van der Waals surface area contributed by atoms with Crippen LogP contribution in [0, 0.1) is 0 Å². The SMILES string of the molecule is CCN(Cc1ccc(OC)c(OC)c1)C(=O)c1cnc2c(cnn2C(C)C)c1. The normalized spacial score (nSPS) is 11.1. The van der Waals surface area contributed by atoms with E-state index >= 15 is 0 Å².